The maximum absolute atomic E-state index is 7.35. The van der Waals surface area contributed by atoms with E-state index >= 15 is 0 Å². The van der Waals surface area contributed by atoms with Crippen LogP contribution in [0.3, 0.4) is 0 Å². The van der Waals surface area contributed by atoms with Gasteiger partial charge in [0.1, 0.15) is 0 Å². The maximum Gasteiger partial charge on any atom is 0.0381 e. The molecule has 0 aliphatic rings. The summed E-state index contributed by atoms with van der Waals surface area (Å²) >= 11 is 4.06. The summed E-state index contributed by atoms with van der Waals surface area (Å²) in [6, 6.07) is 8.26. The van der Waals surface area contributed by atoms with Gasteiger partial charge in [-0.05, 0) is 29.7 Å². The van der Waals surface area contributed by atoms with Gasteiger partial charge in [0, 0.05) is 1.37 Å². The molecule has 1 aromatic carbocycles. The Hall–Kier alpha value is -0.430. The van der Waals surface area contributed by atoms with Gasteiger partial charge >= 0.3 is 0 Å². The van der Waals surface area contributed by atoms with Gasteiger partial charge in [0.15, 0.2) is 0 Å². The molecule has 0 aliphatic heterocycles. The average Bonchev–Trinajstić information content (AvgIpc) is 2.04. The van der Waals surface area contributed by atoms with E-state index in [1.165, 1.54) is 11.1 Å². The number of rotatable bonds is 3. The zero-order chi connectivity index (χ0) is 8.97. The summed E-state index contributed by atoms with van der Waals surface area (Å²) in [5.74, 6) is 0. The summed E-state index contributed by atoms with van der Waals surface area (Å²) in [6.07, 6.45) is 1.78. The summed E-state index contributed by atoms with van der Waals surface area (Å²) in [5.41, 5.74) is 2.30. The normalized spacial score (nSPS) is 14.2. The van der Waals surface area contributed by atoms with Crippen molar-refractivity contribution in [1.29, 1.82) is 0 Å². The highest BCUT2D eigenvalue weighted by molar-refractivity contribution is 7.80. The standard InChI is InChI=1S/C10H14S/c1-2-9-5-3-4-6-10(9)7-8-11/h3-6,11H,2,7-8H2,1H3/i8T. The fourth-order valence-corrected chi connectivity index (χ4v) is 1.40. The molecule has 1 aromatic rings. The highest BCUT2D eigenvalue weighted by Gasteiger charge is 1.96. The van der Waals surface area contributed by atoms with E-state index in [-0.39, 0.29) is 5.73 Å². The van der Waals surface area contributed by atoms with Crippen molar-refractivity contribution in [3.8, 4) is 0 Å². The average molecular weight is 168 g/mol. The van der Waals surface area contributed by atoms with E-state index in [9.17, 15) is 0 Å². The van der Waals surface area contributed by atoms with Crippen LogP contribution in [0.4, 0.5) is 0 Å². The molecule has 0 aromatic heterocycles. The minimum Gasteiger partial charge on any atom is -0.179 e. The Bertz CT molecular complexity index is 245. The van der Waals surface area contributed by atoms with E-state index in [1.54, 1.807) is 0 Å². The Labute approximate surface area is 75.5 Å². The smallest absolute Gasteiger partial charge is 0.0381 e. The SMILES string of the molecule is [3H]C(S)Cc1ccccc1CC. The van der Waals surface area contributed by atoms with Crippen molar-refractivity contribution in [2.24, 2.45) is 0 Å². The van der Waals surface area contributed by atoms with E-state index in [1.807, 2.05) is 12.1 Å². The Balaban J connectivity index is 2.82. The third kappa shape index (κ3) is 2.26. The summed E-state index contributed by atoms with van der Waals surface area (Å²) in [4.78, 5) is 0. The first-order valence-corrected chi connectivity index (χ1v) is 4.42. The van der Waals surface area contributed by atoms with Crippen LogP contribution in [-0.2, 0) is 12.8 Å². The fraction of sp³-hybridized carbons (Fsp3) is 0.400. The lowest BCUT2D eigenvalue weighted by atomic mass is 10.0. The predicted molar refractivity (Wildman–Crippen MR) is 53.4 cm³/mol. The van der Waals surface area contributed by atoms with Crippen molar-refractivity contribution in [2.75, 3.05) is 5.73 Å². The molecule has 0 heterocycles. The summed E-state index contributed by atoms with van der Waals surface area (Å²) in [5, 5.41) is 0. The minimum absolute atomic E-state index is 0.294. The second-order valence-corrected chi connectivity index (χ2v) is 2.87. The van der Waals surface area contributed by atoms with Crippen LogP contribution < -0.4 is 0 Å². The van der Waals surface area contributed by atoms with E-state index in [4.69, 9.17) is 1.37 Å². The minimum atomic E-state index is -0.294. The first-order chi connectivity index (χ1) is 5.74. The van der Waals surface area contributed by atoms with Crippen LogP contribution in [0.2, 0.25) is 0 Å². The van der Waals surface area contributed by atoms with Crippen molar-refractivity contribution in [3.05, 3.63) is 35.4 Å². The first kappa shape index (κ1) is 7.23. The Morgan fingerprint density at radius 3 is 2.55 bits per heavy atom. The quantitative estimate of drug-likeness (QED) is 0.659. The van der Waals surface area contributed by atoms with Crippen molar-refractivity contribution >= 4 is 12.6 Å². The number of aryl methyl sites for hydroxylation is 2. The molecule has 0 spiro atoms. The second kappa shape index (κ2) is 4.45. The molecule has 0 saturated heterocycles. The molecule has 0 aliphatic carbocycles. The Morgan fingerprint density at radius 2 is 2.00 bits per heavy atom. The lowest BCUT2D eigenvalue weighted by Gasteiger charge is -2.04. The molecule has 0 saturated carbocycles. The van der Waals surface area contributed by atoms with Crippen LogP contribution in [0.25, 0.3) is 0 Å². The van der Waals surface area contributed by atoms with Crippen molar-refractivity contribution in [3.63, 3.8) is 0 Å². The molecule has 60 valence electrons. The molecule has 0 radical (unpaired) electrons. The summed E-state index contributed by atoms with van der Waals surface area (Å²) < 4.78 is 7.35. The predicted octanol–water partition coefficient (Wildman–Crippen LogP) is 2.72. The molecule has 0 N–H and O–H groups in total. The summed E-state index contributed by atoms with van der Waals surface area (Å²) in [6.45, 7) is 2.14. The van der Waals surface area contributed by atoms with Gasteiger partial charge in [-0.3, -0.25) is 0 Å². The molecule has 0 nitrogen and oxygen atoms in total. The van der Waals surface area contributed by atoms with Crippen molar-refractivity contribution in [2.45, 2.75) is 19.8 Å². The van der Waals surface area contributed by atoms with Gasteiger partial charge < -0.3 is 0 Å². The highest BCUT2D eigenvalue weighted by atomic mass is 32.1. The van der Waals surface area contributed by atoms with E-state index in [0.29, 0.717) is 0 Å². The number of hydrogen-bond acceptors (Lipinski definition) is 1. The van der Waals surface area contributed by atoms with Crippen LogP contribution >= 0.6 is 12.6 Å². The first-order valence-electron chi connectivity index (χ1n) is 4.49. The monoisotopic (exact) mass is 168 g/mol. The van der Waals surface area contributed by atoms with Gasteiger partial charge in [0.2, 0.25) is 0 Å². The summed E-state index contributed by atoms with van der Waals surface area (Å²) in [7, 11) is 0. The van der Waals surface area contributed by atoms with Crippen LogP contribution in [0, 0.1) is 0 Å². The second-order valence-electron chi connectivity index (χ2n) is 2.51. The van der Waals surface area contributed by atoms with Crippen molar-refractivity contribution < 1.29 is 1.37 Å². The van der Waals surface area contributed by atoms with Gasteiger partial charge in [-0.1, -0.05) is 31.2 Å². The fourth-order valence-electron chi connectivity index (χ4n) is 1.20. The van der Waals surface area contributed by atoms with Crippen LogP contribution in [0.5, 0.6) is 0 Å². The number of hydrogen-bond donors (Lipinski definition) is 1. The van der Waals surface area contributed by atoms with Gasteiger partial charge in [0.05, 0.1) is 0 Å². The van der Waals surface area contributed by atoms with Gasteiger partial charge in [-0.25, -0.2) is 0 Å². The molecular formula is C10H14S. The molecule has 1 heteroatoms. The van der Waals surface area contributed by atoms with Crippen LogP contribution in [-0.4, -0.2) is 5.73 Å². The largest absolute Gasteiger partial charge is 0.179 e. The maximum atomic E-state index is 7.35. The third-order valence-corrected chi connectivity index (χ3v) is 1.99. The van der Waals surface area contributed by atoms with Crippen molar-refractivity contribution in [1.82, 2.24) is 0 Å². The van der Waals surface area contributed by atoms with Crippen LogP contribution in [0.15, 0.2) is 24.3 Å². The molecule has 0 bridgehead atoms. The van der Waals surface area contributed by atoms with Crippen LogP contribution in [0.1, 0.15) is 19.4 Å². The molecule has 1 unspecified atom stereocenters. The topological polar surface area (TPSA) is 0 Å². The number of benzene rings is 1. The lowest BCUT2D eigenvalue weighted by molar-refractivity contribution is 1.05. The third-order valence-electron chi connectivity index (χ3n) is 1.81. The zero-order valence-electron chi connectivity index (χ0n) is 7.75. The molecular weight excluding hydrogens is 152 g/mol. The van der Waals surface area contributed by atoms with Gasteiger partial charge in [-0.15, -0.1) is 0 Å². The van der Waals surface area contributed by atoms with Gasteiger partial charge in [-0.2, -0.15) is 12.6 Å². The molecule has 1 rings (SSSR count). The molecule has 0 fully saturated rings. The lowest BCUT2D eigenvalue weighted by Crippen LogP contribution is -1.92. The Kier molecular flexibility index (Phi) is 2.92. The van der Waals surface area contributed by atoms with Gasteiger partial charge in [0.25, 0.3) is 0 Å². The molecule has 0 amide bonds. The molecule has 11 heavy (non-hydrogen) atoms. The highest BCUT2D eigenvalue weighted by Crippen LogP contribution is 2.10. The zero-order valence-corrected chi connectivity index (χ0v) is 7.64. The van der Waals surface area contributed by atoms with E-state index < -0.39 is 0 Å². The molecule has 1 atom stereocenters. The van der Waals surface area contributed by atoms with E-state index in [2.05, 4.69) is 31.7 Å². The Morgan fingerprint density at radius 1 is 1.36 bits per heavy atom. The number of thiol groups is 1. The van der Waals surface area contributed by atoms with E-state index in [0.717, 1.165) is 12.8 Å².